The summed E-state index contributed by atoms with van der Waals surface area (Å²) >= 11 is 0. The molecule has 2 aromatic rings. The Hall–Kier alpha value is -3.35. The van der Waals surface area contributed by atoms with Crippen LogP contribution in [0.5, 0.6) is 5.75 Å². The van der Waals surface area contributed by atoms with Crippen LogP contribution in [0.1, 0.15) is 22.3 Å². The van der Waals surface area contributed by atoms with Gasteiger partial charge in [-0.3, -0.25) is 9.59 Å². The number of anilines is 2. The second-order valence-electron chi connectivity index (χ2n) is 6.18. The lowest BCUT2D eigenvalue weighted by Gasteiger charge is -2.29. The molecule has 0 saturated carbocycles. The van der Waals surface area contributed by atoms with Crippen molar-refractivity contribution in [2.75, 3.05) is 30.5 Å². The molecule has 27 heavy (non-hydrogen) atoms. The van der Waals surface area contributed by atoms with Gasteiger partial charge in [0.15, 0.2) is 6.61 Å². The summed E-state index contributed by atoms with van der Waals surface area (Å²) in [6, 6.07) is 12.1. The van der Waals surface area contributed by atoms with Gasteiger partial charge < -0.3 is 19.7 Å². The molecule has 7 heteroatoms. The lowest BCUT2D eigenvalue weighted by atomic mass is 10.1. The predicted octanol–water partition coefficient (Wildman–Crippen LogP) is 2.54. The third-order valence-electron chi connectivity index (χ3n) is 4.19. The van der Waals surface area contributed by atoms with E-state index in [-0.39, 0.29) is 31.4 Å². The number of hydrogen-bond donors (Lipinski definition) is 1. The van der Waals surface area contributed by atoms with Crippen LogP contribution in [0.3, 0.4) is 0 Å². The summed E-state index contributed by atoms with van der Waals surface area (Å²) in [5, 5.41) is 2.74. The Morgan fingerprint density at radius 2 is 2.04 bits per heavy atom. The van der Waals surface area contributed by atoms with Crippen molar-refractivity contribution in [2.24, 2.45) is 0 Å². The zero-order valence-corrected chi connectivity index (χ0v) is 15.2. The highest BCUT2D eigenvalue weighted by Crippen LogP contribution is 2.32. The van der Waals surface area contributed by atoms with E-state index in [0.29, 0.717) is 22.7 Å². The molecule has 0 aliphatic carbocycles. The van der Waals surface area contributed by atoms with Gasteiger partial charge in [-0.25, -0.2) is 4.79 Å². The minimum atomic E-state index is -0.475. The van der Waals surface area contributed by atoms with Gasteiger partial charge in [0.05, 0.1) is 18.4 Å². The van der Waals surface area contributed by atoms with Crippen molar-refractivity contribution in [3.05, 3.63) is 53.6 Å². The second-order valence-corrected chi connectivity index (χ2v) is 6.18. The molecule has 0 saturated heterocycles. The first kappa shape index (κ1) is 18.4. The van der Waals surface area contributed by atoms with Crippen molar-refractivity contribution >= 4 is 29.2 Å². The van der Waals surface area contributed by atoms with Crippen LogP contribution in [-0.2, 0) is 14.3 Å². The summed E-state index contributed by atoms with van der Waals surface area (Å²) in [6.45, 7) is 2.12. The number of fused-ring (bicyclic) bond motifs is 1. The van der Waals surface area contributed by atoms with E-state index >= 15 is 0 Å². The van der Waals surface area contributed by atoms with E-state index in [1.165, 1.54) is 7.11 Å². The molecular formula is C20H20N2O5. The fraction of sp³-hybridized carbons (Fsp3) is 0.250. The van der Waals surface area contributed by atoms with Crippen molar-refractivity contribution in [1.29, 1.82) is 0 Å². The van der Waals surface area contributed by atoms with E-state index in [1.54, 1.807) is 29.2 Å². The third kappa shape index (κ3) is 4.25. The highest BCUT2D eigenvalue weighted by atomic mass is 16.5. The quantitative estimate of drug-likeness (QED) is 0.820. The van der Waals surface area contributed by atoms with E-state index in [9.17, 15) is 14.4 Å². The molecule has 2 aromatic carbocycles. The molecular weight excluding hydrogens is 348 g/mol. The average molecular weight is 368 g/mol. The number of methoxy groups -OCH3 is 1. The molecule has 140 valence electrons. The number of nitrogens with one attached hydrogen (secondary N) is 1. The average Bonchev–Trinajstić information content (AvgIpc) is 2.66. The first-order valence-corrected chi connectivity index (χ1v) is 8.50. The largest absolute Gasteiger partial charge is 0.482 e. The Kier molecular flexibility index (Phi) is 5.40. The molecule has 0 aromatic heterocycles. The number of amides is 2. The lowest BCUT2D eigenvalue weighted by Crippen LogP contribution is -2.40. The van der Waals surface area contributed by atoms with E-state index in [1.807, 2.05) is 25.1 Å². The summed E-state index contributed by atoms with van der Waals surface area (Å²) in [6.07, 6.45) is 0.113. The Labute approximate surface area is 156 Å². The molecule has 7 nitrogen and oxygen atoms in total. The third-order valence-corrected chi connectivity index (χ3v) is 4.19. The zero-order chi connectivity index (χ0) is 19.4. The molecule has 0 spiro atoms. The number of aryl methyl sites for hydroxylation is 1. The van der Waals surface area contributed by atoms with Crippen LogP contribution < -0.4 is 15.0 Å². The molecule has 0 radical (unpaired) electrons. The smallest absolute Gasteiger partial charge is 0.337 e. The van der Waals surface area contributed by atoms with E-state index in [0.717, 1.165) is 5.56 Å². The molecule has 3 rings (SSSR count). The Morgan fingerprint density at radius 3 is 2.81 bits per heavy atom. The topological polar surface area (TPSA) is 84.9 Å². The van der Waals surface area contributed by atoms with Crippen molar-refractivity contribution in [2.45, 2.75) is 13.3 Å². The van der Waals surface area contributed by atoms with Gasteiger partial charge in [-0.15, -0.1) is 0 Å². The summed E-state index contributed by atoms with van der Waals surface area (Å²) in [4.78, 5) is 37.6. The fourth-order valence-electron chi connectivity index (χ4n) is 2.84. The molecule has 1 heterocycles. The number of hydrogen-bond acceptors (Lipinski definition) is 5. The van der Waals surface area contributed by atoms with Gasteiger partial charge in [-0.2, -0.15) is 0 Å². The van der Waals surface area contributed by atoms with Crippen LogP contribution in [0.15, 0.2) is 42.5 Å². The summed E-state index contributed by atoms with van der Waals surface area (Å²) in [5.74, 6) is -0.289. The van der Waals surface area contributed by atoms with Gasteiger partial charge in [-0.05, 0) is 42.8 Å². The molecule has 2 amide bonds. The molecule has 0 fully saturated rings. The van der Waals surface area contributed by atoms with E-state index in [2.05, 4.69) is 10.1 Å². The van der Waals surface area contributed by atoms with Crippen LogP contribution in [0.4, 0.5) is 11.4 Å². The molecule has 1 aliphatic heterocycles. The van der Waals surface area contributed by atoms with Gasteiger partial charge in [-0.1, -0.05) is 12.1 Å². The summed E-state index contributed by atoms with van der Waals surface area (Å²) < 4.78 is 10.1. The number of ether oxygens (including phenoxy) is 2. The summed E-state index contributed by atoms with van der Waals surface area (Å²) in [5.41, 5.74) is 2.52. The SMILES string of the molecule is COC(=O)c1cccc(NC(=O)CCN2C(=O)COc3ccc(C)cc32)c1. The Balaban J connectivity index is 1.65. The predicted molar refractivity (Wildman–Crippen MR) is 100 cm³/mol. The highest BCUT2D eigenvalue weighted by molar-refractivity contribution is 5.99. The van der Waals surface area contributed by atoms with Crippen LogP contribution in [-0.4, -0.2) is 38.0 Å². The first-order chi connectivity index (χ1) is 13.0. The Morgan fingerprint density at radius 1 is 1.22 bits per heavy atom. The number of esters is 1. The van der Waals surface area contributed by atoms with Crippen molar-refractivity contribution in [3.8, 4) is 5.75 Å². The lowest BCUT2D eigenvalue weighted by molar-refractivity contribution is -0.121. The molecule has 0 unspecified atom stereocenters. The normalized spacial score (nSPS) is 12.8. The minimum Gasteiger partial charge on any atom is -0.482 e. The van der Waals surface area contributed by atoms with Crippen LogP contribution in [0.2, 0.25) is 0 Å². The highest BCUT2D eigenvalue weighted by Gasteiger charge is 2.25. The van der Waals surface area contributed by atoms with E-state index < -0.39 is 5.97 Å². The van der Waals surface area contributed by atoms with Crippen molar-refractivity contribution in [3.63, 3.8) is 0 Å². The maximum atomic E-state index is 12.3. The van der Waals surface area contributed by atoms with Gasteiger partial charge in [0.1, 0.15) is 5.75 Å². The molecule has 0 atom stereocenters. The fourth-order valence-corrected chi connectivity index (χ4v) is 2.84. The molecule has 0 bridgehead atoms. The van der Waals surface area contributed by atoms with Gasteiger partial charge in [0.25, 0.3) is 5.91 Å². The van der Waals surface area contributed by atoms with Crippen molar-refractivity contribution in [1.82, 2.24) is 0 Å². The van der Waals surface area contributed by atoms with Crippen molar-refractivity contribution < 1.29 is 23.9 Å². The maximum absolute atomic E-state index is 12.3. The maximum Gasteiger partial charge on any atom is 0.337 e. The monoisotopic (exact) mass is 368 g/mol. The number of nitrogens with zero attached hydrogens (tertiary/aromatic N) is 1. The number of benzene rings is 2. The standard InChI is InChI=1S/C20H20N2O5/c1-13-6-7-17-16(10-13)22(19(24)12-27-17)9-8-18(23)21-15-5-3-4-14(11-15)20(25)26-2/h3-7,10-11H,8-9,12H2,1-2H3,(H,21,23). The Bertz CT molecular complexity index is 894. The molecule has 1 aliphatic rings. The van der Waals surface area contributed by atoms with Gasteiger partial charge in [0, 0.05) is 18.7 Å². The first-order valence-electron chi connectivity index (χ1n) is 8.50. The van der Waals surface area contributed by atoms with E-state index in [4.69, 9.17) is 4.74 Å². The number of rotatable bonds is 5. The van der Waals surface area contributed by atoms with Crippen LogP contribution in [0.25, 0.3) is 0 Å². The van der Waals surface area contributed by atoms with Gasteiger partial charge >= 0.3 is 5.97 Å². The second kappa shape index (κ2) is 7.90. The number of carbonyl (C=O) groups excluding carboxylic acids is 3. The minimum absolute atomic E-state index is 0.0428. The van der Waals surface area contributed by atoms with Crippen LogP contribution in [0, 0.1) is 6.92 Å². The molecule has 1 N–H and O–H groups in total. The van der Waals surface area contributed by atoms with Gasteiger partial charge in [0.2, 0.25) is 5.91 Å². The van der Waals surface area contributed by atoms with Crippen LogP contribution >= 0.6 is 0 Å². The zero-order valence-electron chi connectivity index (χ0n) is 15.2. The summed E-state index contributed by atoms with van der Waals surface area (Å²) in [7, 11) is 1.30. The number of carbonyl (C=O) groups is 3.